The van der Waals surface area contributed by atoms with Crippen molar-refractivity contribution in [3.8, 4) is 5.75 Å². The van der Waals surface area contributed by atoms with E-state index >= 15 is 0 Å². The SMILES string of the molecule is COc1ccccc1C=CC(=O)N[C@@H](C(=O)O)C(C)C. The Kier molecular flexibility index (Phi) is 5.77. The third-order valence-electron chi connectivity index (χ3n) is 2.78. The van der Waals surface area contributed by atoms with Gasteiger partial charge in [0.1, 0.15) is 11.8 Å². The number of amides is 1. The van der Waals surface area contributed by atoms with Crippen molar-refractivity contribution in [2.75, 3.05) is 7.11 Å². The van der Waals surface area contributed by atoms with Gasteiger partial charge in [0.05, 0.1) is 7.11 Å². The summed E-state index contributed by atoms with van der Waals surface area (Å²) in [6, 6.07) is 6.35. The number of rotatable bonds is 6. The van der Waals surface area contributed by atoms with Crippen molar-refractivity contribution in [1.29, 1.82) is 0 Å². The van der Waals surface area contributed by atoms with Crippen molar-refractivity contribution in [2.45, 2.75) is 19.9 Å². The van der Waals surface area contributed by atoms with Crippen LogP contribution >= 0.6 is 0 Å². The van der Waals surface area contributed by atoms with E-state index in [-0.39, 0.29) is 5.92 Å². The summed E-state index contributed by atoms with van der Waals surface area (Å²) in [4.78, 5) is 22.7. The fourth-order valence-electron chi connectivity index (χ4n) is 1.68. The molecule has 0 radical (unpaired) electrons. The van der Waals surface area contributed by atoms with Gasteiger partial charge in [0, 0.05) is 11.6 Å². The monoisotopic (exact) mass is 277 g/mol. The Morgan fingerprint density at radius 3 is 2.50 bits per heavy atom. The maximum absolute atomic E-state index is 11.7. The molecule has 0 saturated carbocycles. The van der Waals surface area contributed by atoms with Crippen LogP contribution in [0.25, 0.3) is 6.08 Å². The number of benzene rings is 1. The quantitative estimate of drug-likeness (QED) is 0.779. The molecule has 1 aromatic carbocycles. The second-order valence-electron chi connectivity index (χ2n) is 4.64. The molecule has 0 bridgehead atoms. The standard InChI is InChI=1S/C15H19NO4/c1-10(2)14(15(18)19)16-13(17)9-8-11-6-4-5-7-12(11)20-3/h4-10,14H,1-3H3,(H,16,17)(H,18,19)/t14-/m1/s1. The number of hydrogen-bond donors (Lipinski definition) is 2. The van der Waals surface area contributed by atoms with E-state index in [1.54, 1.807) is 39.2 Å². The first kappa shape index (κ1) is 15.8. The lowest BCUT2D eigenvalue weighted by molar-refractivity contribution is -0.142. The van der Waals surface area contributed by atoms with E-state index in [2.05, 4.69) is 5.32 Å². The third kappa shape index (κ3) is 4.42. The molecule has 0 aliphatic carbocycles. The fraction of sp³-hybridized carbons (Fsp3) is 0.333. The normalized spacial score (nSPS) is 12.4. The highest BCUT2D eigenvalue weighted by Crippen LogP contribution is 2.18. The molecule has 1 amide bonds. The number of carboxylic acid groups (broad SMARTS) is 1. The molecule has 5 heteroatoms. The predicted octanol–water partition coefficient (Wildman–Crippen LogP) is 1.93. The van der Waals surface area contributed by atoms with Gasteiger partial charge < -0.3 is 15.2 Å². The summed E-state index contributed by atoms with van der Waals surface area (Å²) < 4.78 is 5.16. The molecule has 0 unspecified atom stereocenters. The Morgan fingerprint density at radius 1 is 1.30 bits per heavy atom. The summed E-state index contributed by atoms with van der Waals surface area (Å²) >= 11 is 0. The molecule has 0 aliphatic rings. The highest BCUT2D eigenvalue weighted by Gasteiger charge is 2.22. The first-order valence-corrected chi connectivity index (χ1v) is 6.30. The summed E-state index contributed by atoms with van der Waals surface area (Å²) in [5.41, 5.74) is 0.751. The molecule has 20 heavy (non-hydrogen) atoms. The molecule has 1 aromatic rings. The van der Waals surface area contributed by atoms with Gasteiger partial charge >= 0.3 is 5.97 Å². The first-order valence-electron chi connectivity index (χ1n) is 6.30. The molecule has 0 fully saturated rings. The van der Waals surface area contributed by atoms with Gasteiger partial charge in [0.2, 0.25) is 5.91 Å². The first-order chi connectivity index (χ1) is 9.45. The zero-order valence-corrected chi connectivity index (χ0v) is 11.8. The molecule has 0 spiro atoms. The summed E-state index contributed by atoms with van der Waals surface area (Å²) in [5, 5.41) is 11.5. The van der Waals surface area contributed by atoms with Crippen LogP contribution < -0.4 is 10.1 Å². The van der Waals surface area contributed by atoms with Crippen molar-refractivity contribution in [3.63, 3.8) is 0 Å². The minimum atomic E-state index is -1.04. The zero-order chi connectivity index (χ0) is 15.1. The van der Waals surface area contributed by atoms with E-state index in [0.29, 0.717) is 5.75 Å². The van der Waals surface area contributed by atoms with Gasteiger partial charge in [0.25, 0.3) is 0 Å². The van der Waals surface area contributed by atoms with Crippen LogP contribution in [0.3, 0.4) is 0 Å². The summed E-state index contributed by atoms with van der Waals surface area (Å²) in [5.74, 6) is -1.03. The largest absolute Gasteiger partial charge is 0.496 e. The average molecular weight is 277 g/mol. The zero-order valence-electron chi connectivity index (χ0n) is 11.8. The van der Waals surface area contributed by atoms with Gasteiger partial charge in [-0.15, -0.1) is 0 Å². The van der Waals surface area contributed by atoms with E-state index < -0.39 is 17.9 Å². The summed E-state index contributed by atoms with van der Waals surface area (Å²) in [6.07, 6.45) is 2.89. The van der Waals surface area contributed by atoms with Crippen LogP contribution in [-0.4, -0.2) is 30.1 Å². The van der Waals surface area contributed by atoms with Gasteiger partial charge in [-0.25, -0.2) is 4.79 Å². The number of methoxy groups -OCH3 is 1. The van der Waals surface area contributed by atoms with Gasteiger partial charge in [-0.3, -0.25) is 4.79 Å². The smallest absolute Gasteiger partial charge is 0.326 e. The number of nitrogens with one attached hydrogen (secondary N) is 1. The average Bonchev–Trinajstić information content (AvgIpc) is 2.42. The Hall–Kier alpha value is -2.30. The number of hydrogen-bond acceptors (Lipinski definition) is 3. The number of carboxylic acids is 1. The fourth-order valence-corrected chi connectivity index (χ4v) is 1.68. The van der Waals surface area contributed by atoms with E-state index in [1.807, 2.05) is 12.1 Å². The Balaban J connectivity index is 2.75. The van der Waals surface area contributed by atoms with Crippen LogP contribution in [0.1, 0.15) is 19.4 Å². The molecule has 2 N–H and O–H groups in total. The van der Waals surface area contributed by atoms with E-state index in [9.17, 15) is 9.59 Å². The molecule has 5 nitrogen and oxygen atoms in total. The summed E-state index contributed by atoms with van der Waals surface area (Å²) in [7, 11) is 1.55. The number of carbonyl (C=O) groups is 2. The van der Waals surface area contributed by atoms with Crippen LogP contribution in [0.15, 0.2) is 30.3 Å². The highest BCUT2D eigenvalue weighted by molar-refractivity contribution is 5.94. The lowest BCUT2D eigenvalue weighted by Crippen LogP contribution is -2.43. The second-order valence-corrected chi connectivity index (χ2v) is 4.64. The third-order valence-corrected chi connectivity index (χ3v) is 2.78. The molecule has 0 saturated heterocycles. The maximum atomic E-state index is 11.7. The lowest BCUT2D eigenvalue weighted by atomic mass is 10.0. The van der Waals surface area contributed by atoms with Crippen LogP contribution in [0.2, 0.25) is 0 Å². The van der Waals surface area contributed by atoms with E-state index in [4.69, 9.17) is 9.84 Å². The lowest BCUT2D eigenvalue weighted by Gasteiger charge is -2.16. The highest BCUT2D eigenvalue weighted by atomic mass is 16.5. The van der Waals surface area contributed by atoms with Crippen LogP contribution in [0.4, 0.5) is 0 Å². The molecule has 0 aromatic heterocycles. The Morgan fingerprint density at radius 2 is 1.95 bits per heavy atom. The number of aliphatic carboxylic acids is 1. The molecule has 1 rings (SSSR count). The number of para-hydroxylation sites is 1. The van der Waals surface area contributed by atoms with Crippen molar-refractivity contribution in [3.05, 3.63) is 35.9 Å². The Labute approximate surface area is 118 Å². The predicted molar refractivity (Wildman–Crippen MR) is 76.4 cm³/mol. The molecular formula is C15H19NO4. The van der Waals surface area contributed by atoms with Gasteiger partial charge in [0.15, 0.2) is 0 Å². The van der Waals surface area contributed by atoms with Crippen molar-refractivity contribution in [2.24, 2.45) is 5.92 Å². The topological polar surface area (TPSA) is 75.6 Å². The van der Waals surface area contributed by atoms with Crippen molar-refractivity contribution < 1.29 is 19.4 Å². The van der Waals surface area contributed by atoms with Gasteiger partial charge in [-0.1, -0.05) is 32.0 Å². The Bertz CT molecular complexity index is 508. The molecule has 1 atom stereocenters. The van der Waals surface area contributed by atoms with Crippen molar-refractivity contribution in [1.82, 2.24) is 5.32 Å². The van der Waals surface area contributed by atoms with E-state index in [1.165, 1.54) is 6.08 Å². The van der Waals surface area contributed by atoms with E-state index in [0.717, 1.165) is 5.56 Å². The van der Waals surface area contributed by atoms with Gasteiger partial charge in [-0.2, -0.15) is 0 Å². The maximum Gasteiger partial charge on any atom is 0.326 e. The number of ether oxygens (including phenoxy) is 1. The van der Waals surface area contributed by atoms with Crippen molar-refractivity contribution >= 4 is 18.0 Å². The number of carbonyl (C=O) groups excluding carboxylic acids is 1. The second kappa shape index (κ2) is 7.33. The molecule has 0 aliphatic heterocycles. The van der Waals surface area contributed by atoms with Crippen LogP contribution in [0.5, 0.6) is 5.75 Å². The molecular weight excluding hydrogens is 258 g/mol. The van der Waals surface area contributed by atoms with Gasteiger partial charge in [-0.05, 0) is 18.1 Å². The van der Waals surface area contributed by atoms with Crippen LogP contribution in [0, 0.1) is 5.92 Å². The minimum Gasteiger partial charge on any atom is -0.496 e. The minimum absolute atomic E-state index is 0.184. The van der Waals surface area contributed by atoms with Crippen LogP contribution in [-0.2, 0) is 9.59 Å². The molecule has 0 heterocycles. The molecule has 108 valence electrons. The summed E-state index contributed by atoms with van der Waals surface area (Å²) in [6.45, 7) is 3.48.